The summed E-state index contributed by atoms with van der Waals surface area (Å²) in [5.41, 5.74) is 9.16. The van der Waals surface area contributed by atoms with Crippen molar-refractivity contribution >= 4 is 85.1 Å². The molecule has 0 bridgehead atoms. The maximum atomic E-state index is 13.6. The van der Waals surface area contributed by atoms with Gasteiger partial charge in [0.25, 0.3) is 5.91 Å². The zero-order chi connectivity index (χ0) is 74.7. The Bertz CT molecular complexity index is 5420. The molecular weight excluding hydrogens is 1380 g/mol. The van der Waals surface area contributed by atoms with Crippen molar-refractivity contribution in [1.82, 2.24) is 24.8 Å². The van der Waals surface area contributed by atoms with Gasteiger partial charge in [0.2, 0.25) is 23.6 Å². The van der Waals surface area contributed by atoms with Crippen LogP contribution in [0.5, 0.6) is 28.7 Å². The Kier molecular flexibility index (Phi) is 18.2. The smallest absolute Gasteiger partial charge is 0.497 e. The number of hydrogen-bond donors (Lipinski definition) is 4. The number of aromatic nitrogens is 3. The summed E-state index contributed by atoms with van der Waals surface area (Å²) in [6.45, 7) is 5.14. The fourth-order valence-corrected chi connectivity index (χ4v) is 14.8. The van der Waals surface area contributed by atoms with E-state index in [1.165, 1.54) is 43.5 Å². The highest BCUT2D eigenvalue weighted by Gasteiger charge is 2.55. The number of pyridine rings is 3. The van der Waals surface area contributed by atoms with Gasteiger partial charge in [0.05, 0.1) is 34.7 Å². The molecule has 3 aliphatic carbocycles. The maximum Gasteiger partial charge on any atom is 0.586 e. The fourth-order valence-electron chi connectivity index (χ4n) is 14.8. The number of carbonyl (C=O) groups excluding carboxylic acids is 5. The first-order valence-corrected chi connectivity index (χ1v) is 36.0. The fraction of sp³-hybridized carbons (Fsp3) is 0.262. The van der Waals surface area contributed by atoms with Crippen LogP contribution >= 0.6 is 0 Å². The first kappa shape index (κ1) is 70.1. The Morgan fingerprint density at radius 3 is 1.38 bits per heavy atom. The van der Waals surface area contributed by atoms with E-state index in [1.807, 2.05) is 126 Å². The first-order chi connectivity index (χ1) is 52.1. The lowest BCUT2D eigenvalue weighted by molar-refractivity contribution is -0.287. The van der Waals surface area contributed by atoms with Gasteiger partial charge in [-0.25, -0.2) is 15.0 Å². The maximum absolute atomic E-state index is 13.6. The average Bonchev–Trinajstić information content (AvgIpc) is 1.78. The molecule has 4 aliphatic heterocycles. The predicted octanol–water partition coefficient (Wildman–Crippen LogP) is 16.4. The molecule has 2 saturated heterocycles. The molecule has 8 aromatic carbocycles. The van der Waals surface area contributed by atoms with E-state index in [4.69, 9.17) is 25.4 Å². The normalized spacial score (nSPS) is 17.6. The number of nitrogens with two attached hydrogens (primary N) is 1. The van der Waals surface area contributed by atoms with Crippen molar-refractivity contribution in [1.29, 1.82) is 0 Å². The number of halogens is 4. The monoisotopic (exact) mass is 1470 g/mol. The number of hydrogen-bond acceptors (Lipinski definition) is 15. The number of nitrogens with one attached hydrogen (secondary N) is 3. The molecule has 108 heavy (non-hydrogen) atoms. The number of piperazine rings is 1. The van der Waals surface area contributed by atoms with E-state index in [9.17, 15) is 41.5 Å². The second-order valence-corrected chi connectivity index (χ2v) is 28.4. The Balaban J connectivity index is 0.000000166. The molecule has 7 heterocycles. The lowest BCUT2D eigenvalue weighted by Gasteiger charge is -2.32. The van der Waals surface area contributed by atoms with Crippen LogP contribution < -0.4 is 50.3 Å². The molecule has 5 N–H and O–H groups in total. The van der Waals surface area contributed by atoms with E-state index < -0.39 is 34.7 Å². The van der Waals surface area contributed by atoms with Crippen LogP contribution in [0, 0.1) is 0 Å². The highest BCUT2D eigenvalue weighted by molar-refractivity contribution is 6.07. The molecule has 5 fully saturated rings. The minimum absolute atomic E-state index is 0. The molecule has 5 amide bonds. The van der Waals surface area contributed by atoms with Crippen LogP contribution in [0.3, 0.4) is 0 Å². The van der Waals surface area contributed by atoms with Gasteiger partial charge in [-0.1, -0.05) is 121 Å². The summed E-state index contributed by atoms with van der Waals surface area (Å²) < 4.78 is 77.4. The largest absolute Gasteiger partial charge is 0.586 e. The first-order valence-electron chi connectivity index (χ1n) is 36.0. The quantitative estimate of drug-likeness (QED) is 0.0698. The molecule has 0 atom stereocenters. The molecule has 3 aromatic heterocycles. The Morgan fingerprint density at radius 1 is 0.444 bits per heavy atom. The van der Waals surface area contributed by atoms with Crippen LogP contribution in [0.4, 0.5) is 40.8 Å². The van der Waals surface area contributed by atoms with E-state index in [0.29, 0.717) is 95.4 Å². The SMILES string of the molecule is CN1CCN(C(=O)c2ccc(-c3nc(NC(=O)C4(c5ccc6c(c5)OC(F)(F)O6)CC4)cc4ccccc34)cc2)CC1.COc1ccc(C2(C(=O)Nc3cc4ccccc4c(N4CCCCC4)n3)CC2)cc1.NC(=O)c1cccc(-c2nc(NC(=O)C3(c4ccc5c(c4)OC(F)(F)O5)CC3)cc3ccccc23)c1.[HH].[HH].[HH].[HH].[HH]. The molecule has 24 heteroatoms. The van der Waals surface area contributed by atoms with Crippen molar-refractivity contribution in [2.24, 2.45) is 5.73 Å². The summed E-state index contributed by atoms with van der Waals surface area (Å²) in [7, 11) is 3.70. The molecule has 11 aromatic rings. The third-order valence-corrected chi connectivity index (χ3v) is 21.3. The van der Waals surface area contributed by atoms with Crippen molar-refractivity contribution in [2.45, 2.75) is 86.6 Å². The molecule has 7 aliphatic rings. The van der Waals surface area contributed by atoms with Crippen molar-refractivity contribution in [3.05, 3.63) is 228 Å². The topological polar surface area (TPSA) is 242 Å². The standard InChI is InChI=1S/C32H28F2N4O4.C27H19F2N3O4.C25H27N3O2.5H2/c1-37-14-16-38(17-15-37)29(39)21-8-6-20(7-9-21)28-24-5-3-2-4-22(24)18-27(35-28)36-30(40)31(12-13-31)23-10-11-25-26(19-23)42-32(33,34)41-25;28-27(29)35-20-9-8-18(14-21(20)36-27)26(10-11-26)25(34)32-22-13-15-4-1-2-7-19(15)23(31-22)16-5-3-6-17(12-16)24(30)33;1-30-20-11-9-19(10-12-20)25(13-14-25)24(29)27-22-17-18-7-3-4-8-21(18)23(26-22)28-15-5-2-6-16-28;;;;;/h2-11,18-19H,12-17H2,1H3,(H,35,36,40);1-9,12-14H,10-11H2,(H2,30,33)(H,31,32,34);3-4,7-12,17H,2,5-6,13-16H2,1H3,(H,26,27,29);5*1H. The number of fused-ring (bicyclic) bond motifs is 5. The number of rotatable bonds is 15. The third kappa shape index (κ3) is 14.1. The number of nitrogens with zero attached hydrogens (tertiary/aromatic N) is 6. The second-order valence-electron chi connectivity index (χ2n) is 28.4. The van der Waals surface area contributed by atoms with Crippen molar-refractivity contribution < 1.29 is 72.4 Å². The van der Waals surface area contributed by atoms with Crippen molar-refractivity contribution in [3.63, 3.8) is 0 Å². The molecule has 0 spiro atoms. The summed E-state index contributed by atoms with van der Waals surface area (Å²) in [5, 5.41) is 14.8. The molecule has 20 nitrogen and oxygen atoms in total. The van der Waals surface area contributed by atoms with Gasteiger partial charge in [-0.15, -0.1) is 17.6 Å². The summed E-state index contributed by atoms with van der Waals surface area (Å²) >= 11 is 0. The lowest BCUT2D eigenvalue weighted by atomic mass is 9.94. The van der Waals surface area contributed by atoms with E-state index in [1.54, 1.807) is 43.5 Å². The number of ether oxygens (including phenoxy) is 5. The van der Waals surface area contributed by atoms with Gasteiger partial charge >= 0.3 is 12.6 Å². The number of benzene rings is 8. The van der Waals surface area contributed by atoms with Gasteiger partial charge in [0.1, 0.15) is 29.0 Å². The molecule has 0 radical (unpaired) electrons. The Hall–Kier alpha value is -12.2. The van der Waals surface area contributed by atoms with E-state index >= 15 is 0 Å². The molecule has 18 rings (SSSR count). The van der Waals surface area contributed by atoms with E-state index in [-0.39, 0.29) is 53.8 Å². The van der Waals surface area contributed by atoms with Crippen LogP contribution in [-0.2, 0) is 30.6 Å². The zero-order valence-electron chi connectivity index (χ0n) is 59.0. The van der Waals surface area contributed by atoms with Crippen molar-refractivity contribution in [3.8, 4) is 51.3 Å². The number of likely N-dealkylation sites (N-methyl/N-ethyl adjacent to an activating group) is 1. The van der Waals surface area contributed by atoms with Crippen LogP contribution in [-0.4, -0.2) is 120 Å². The number of piperidine rings is 1. The third-order valence-electron chi connectivity index (χ3n) is 21.3. The molecule has 3 saturated carbocycles. The van der Waals surface area contributed by atoms with Gasteiger partial charge in [0.15, 0.2) is 23.0 Å². The van der Waals surface area contributed by atoms with Gasteiger partial charge in [-0.2, -0.15) is 0 Å². The van der Waals surface area contributed by atoms with Gasteiger partial charge in [-0.05, 0) is 177 Å². The van der Waals surface area contributed by atoms with E-state index in [2.05, 4.69) is 69.9 Å². The Labute approximate surface area is 625 Å². The van der Waals surface area contributed by atoms with Gasteiger partial charge in [-0.3, -0.25) is 24.0 Å². The minimum atomic E-state index is -3.73. The summed E-state index contributed by atoms with van der Waals surface area (Å²) in [5.74, 6) is 1.74. The number of carbonyl (C=O) groups is 5. The number of primary amides is 1. The number of anilines is 4. The van der Waals surface area contributed by atoms with Gasteiger partial charge < -0.3 is 60.1 Å². The molecule has 0 unspecified atom stereocenters. The van der Waals surface area contributed by atoms with Crippen LogP contribution in [0.1, 0.15) is 102 Å². The second kappa shape index (κ2) is 27.9. The highest BCUT2D eigenvalue weighted by Crippen LogP contribution is 2.55. The zero-order valence-corrected chi connectivity index (χ0v) is 59.0. The summed E-state index contributed by atoms with van der Waals surface area (Å²) in [6, 6.07) is 60.2. The predicted molar refractivity (Wildman–Crippen MR) is 412 cm³/mol. The number of alkyl halides is 4. The lowest BCUT2D eigenvalue weighted by Crippen LogP contribution is -2.47. The number of methoxy groups -OCH3 is 1. The van der Waals surface area contributed by atoms with E-state index in [0.717, 1.165) is 94.0 Å². The van der Waals surface area contributed by atoms with Crippen LogP contribution in [0.2, 0.25) is 0 Å². The molecule has 558 valence electrons. The average molecular weight is 1470 g/mol. The highest BCUT2D eigenvalue weighted by atomic mass is 19.3. The van der Waals surface area contributed by atoms with Crippen LogP contribution in [0.15, 0.2) is 200 Å². The Morgan fingerprint density at radius 2 is 0.889 bits per heavy atom. The summed E-state index contributed by atoms with van der Waals surface area (Å²) in [6.07, 6.45) is 0.158. The number of amides is 5. The van der Waals surface area contributed by atoms with Crippen molar-refractivity contribution in [2.75, 3.05) is 74.3 Å². The van der Waals surface area contributed by atoms with Gasteiger partial charge in [0, 0.05) is 84.8 Å². The summed E-state index contributed by atoms with van der Waals surface area (Å²) in [4.78, 5) is 85.9. The van der Waals surface area contributed by atoms with Crippen LogP contribution in [0.25, 0.3) is 54.8 Å². The minimum Gasteiger partial charge on any atom is -0.497 e. The molecular formula is C84H84F4N10O10.